The van der Waals surface area contributed by atoms with Crippen molar-refractivity contribution in [3.63, 3.8) is 0 Å². The number of nitrogens with zero attached hydrogens (tertiary/aromatic N) is 3. The van der Waals surface area contributed by atoms with Crippen LogP contribution in [-0.4, -0.2) is 45.4 Å². The zero-order valence-electron chi connectivity index (χ0n) is 14.6. The summed E-state index contributed by atoms with van der Waals surface area (Å²) >= 11 is 0. The highest BCUT2D eigenvalue weighted by Crippen LogP contribution is 2.13. The van der Waals surface area contributed by atoms with Crippen LogP contribution in [0.1, 0.15) is 11.5 Å². The minimum Gasteiger partial charge on any atom is -0.394 e. The molecule has 1 atom stereocenters. The summed E-state index contributed by atoms with van der Waals surface area (Å²) in [7, 11) is 0. The van der Waals surface area contributed by atoms with Gasteiger partial charge in [0.15, 0.2) is 0 Å². The quantitative estimate of drug-likeness (QED) is 0.587. The smallest absolute Gasteiger partial charge is 0.252 e. The SMILES string of the molecule is O=C(COCc1nc(-c2cccnc2)no1)N[C@@H](CO)Cc1ccccc1. The minimum atomic E-state index is -0.371. The molecular formula is C19H20N4O4. The monoisotopic (exact) mass is 368 g/mol. The van der Waals surface area contributed by atoms with E-state index in [-0.39, 0.29) is 37.7 Å². The standard InChI is InChI=1S/C19H20N4O4/c24-11-16(9-14-5-2-1-3-6-14)21-17(25)12-26-13-18-22-19(23-27-18)15-7-4-8-20-10-15/h1-8,10,16,24H,9,11-13H2,(H,21,25)/t16-/m1/s1. The molecule has 2 aromatic heterocycles. The summed E-state index contributed by atoms with van der Waals surface area (Å²) in [6.07, 6.45) is 3.83. The third kappa shape index (κ3) is 5.70. The van der Waals surface area contributed by atoms with Crippen molar-refractivity contribution in [1.29, 1.82) is 0 Å². The summed E-state index contributed by atoms with van der Waals surface area (Å²) in [5.41, 5.74) is 1.77. The zero-order chi connectivity index (χ0) is 18.9. The molecule has 0 aliphatic rings. The van der Waals surface area contributed by atoms with Crippen LogP contribution in [0, 0.1) is 0 Å². The Balaban J connectivity index is 1.43. The third-order valence-electron chi connectivity index (χ3n) is 3.76. The van der Waals surface area contributed by atoms with E-state index in [0.717, 1.165) is 11.1 Å². The molecule has 1 aromatic carbocycles. The number of hydrogen-bond acceptors (Lipinski definition) is 7. The van der Waals surface area contributed by atoms with Crippen molar-refractivity contribution in [3.8, 4) is 11.4 Å². The van der Waals surface area contributed by atoms with Crippen molar-refractivity contribution >= 4 is 5.91 Å². The fraction of sp³-hybridized carbons (Fsp3) is 0.263. The summed E-state index contributed by atoms with van der Waals surface area (Å²) in [6, 6.07) is 12.9. The Labute approximate surface area is 156 Å². The van der Waals surface area contributed by atoms with Crippen LogP contribution < -0.4 is 5.32 Å². The summed E-state index contributed by atoms with van der Waals surface area (Å²) in [6.45, 7) is -0.308. The Morgan fingerprint density at radius 3 is 2.81 bits per heavy atom. The number of hydrogen-bond donors (Lipinski definition) is 2. The van der Waals surface area contributed by atoms with Gasteiger partial charge in [-0.2, -0.15) is 4.98 Å². The van der Waals surface area contributed by atoms with Crippen LogP contribution in [0.2, 0.25) is 0 Å². The van der Waals surface area contributed by atoms with Gasteiger partial charge in [-0.3, -0.25) is 9.78 Å². The zero-order valence-corrected chi connectivity index (χ0v) is 14.6. The predicted octanol–water partition coefficient (Wildman–Crippen LogP) is 1.37. The highest BCUT2D eigenvalue weighted by Gasteiger charge is 2.13. The summed E-state index contributed by atoms with van der Waals surface area (Å²) in [5.74, 6) is 0.357. The van der Waals surface area contributed by atoms with Crippen LogP contribution in [0.3, 0.4) is 0 Å². The maximum absolute atomic E-state index is 12.0. The molecule has 2 heterocycles. The second-order valence-electron chi connectivity index (χ2n) is 5.88. The van der Waals surface area contributed by atoms with Gasteiger partial charge >= 0.3 is 0 Å². The molecule has 0 unspecified atom stereocenters. The first kappa shape index (κ1) is 18.7. The van der Waals surface area contributed by atoms with Crippen LogP contribution in [0.5, 0.6) is 0 Å². The lowest BCUT2D eigenvalue weighted by molar-refractivity contribution is -0.127. The second-order valence-corrected chi connectivity index (χ2v) is 5.88. The first-order chi connectivity index (χ1) is 13.2. The molecular weight excluding hydrogens is 348 g/mol. The lowest BCUT2D eigenvalue weighted by Crippen LogP contribution is -2.40. The van der Waals surface area contributed by atoms with Gasteiger partial charge in [0.1, 0.15) is 13.2 Å². The lowest BCUT2D eigenvalue weighted by Gasteiger charge is -2.16. The van der Waals surface area contributed by atoms with E-state index in [1.165, 1.54) is 0 Å². The molecule has 0 bridgehead atoms. The molecule has 0 fully saturated rings. The van der Waals surface area contributed by atoms with Crippen molar-refractivity contribution in [3.05, 3.63) is 66.3 Å². The number of aliphatic hydroxyl groups excluding tert-OH is 1. The van der Waals surface area contributed by atoms with Gasteiger partial charge in [0.25, 0.3) is 5.89 Å². The van der Waals surface area contributed by atoms with E-state index in [1.807, 2.05) is 36.4 Å². The Bertz CT molecular complexity index is 839. The molecule has 3 rings (SSSR count). The number of pyridine rings is 1. The van der Waals surface area contributed by atoms with Gasteiger partial charge in [-0.05, 0) is 24.1 Å². The number of carbonyl (C=O) groups is 1. The predicted molar refractivity (Wildman–Crippen MR) is 96.3 cm³/mol. The first-order valence-corrected chi connectivity index (χ1v) is 8.49. The molecule has 0 saturated heterocycles. The Kier molecular flexibility index (Phi) is 6.61. The summed E-state index contributed by atoms with van der Waals surface area (Å²) in [5, 5.41) is 16.1. The number of amides is 1. The van der Waals surface area contributed by atoms with Crippen molar-refractivity contribution in [2.75, 3.05) is 13.2 Å². The third-order valence-corrected chi connectivity index (χ3v) is 3.76. The fourth-order valence-corrected chi connectivity index (χ4v) is 2.49. The molecule has 0 aliphatic heterocycles. The van der Waals surface area contributed by atoms with Crippen LogP contribution in [0.4, 0.5) is 0 Å². The van der Waals surface area contributed by atoms with Crippen molar-refractivity contribution in [2.24, 2.45) is 0 Å². The molecule has 0 saturated carbocycles. The van der Waals surface area contributed by atoms with E-state index in [4.69, 9.17) is 9.26 Å². The number of ether oxygens (including phenoxy) is 1. The average molecular weight is 368 g/mol. The lowest BCUT2D eigenvalue weighted by atomic mass is 10.1. The van der Waals surface area contributed by atoms with Crippen LogP contribution >= 0.6 is 0 Å². The van der Waals surface area contributed by atoms with Gasteiger partial charge in [0.2, 0.25) is 11.7 Å². The van der Waals surface area contributed by atoms with Gasteiger partial charge in [-0.15, -0.1) is 0 Å². The molecule has 2 N–H and O–H groups in total. The number of aromatic nitrogens is 3. The molecule has 8 heteroatoms. The second kappa shape index (κ2) is 9.56. The van der Waals surface area contributed by atoms with Crippen LogP contribution in [0.15, 0.2) is 59.4 Å². The van der Waals surface area contributed by atoms with Crippen molar-refractivity contribution in [2.45, 2.75) is 19.1 Å². The van der Waals surface area contributed by atoms with Crippen LogP contribution in [0.25, 0.3) is 11.4 Å². The average Bonchev–Trinajstić information content (AvgIpc) is 3.18. The number of benzene rings is 1. The van der Waals surface area contributed by atoms with Gasteiger partial charge in [0.05, 0.1) is 12.6 Å². The number of nitrogens with one attached hydrogen (secondary N) is 1. The molecule has 1 amide bonds. The number of aliphatic hydroxyl groups is 1. The Morgan fingerprint density at radius 1 is 1.22 bits per heavy atom. The molecule has 0 spiro atoms. The molecule has 140 valence electrons. The summed E-state index contributed by atoms with van der Waals surface area (Å²) in [4.78, 5) is 20.2. The van der Waals surface area contributed by atoms with Gasteiger partial charge in [0, 0.05) is 18.0 Å². The van der Waals surface area contributed by atoms with E-state index in [2.05, 4.69) is 20.4 Å². The number of carbonyl (C=O) groups excluding carboxylic acids is 1. The first-order valence-electron chi connectivity index (χ1n) is 8.49. The highest BCUT2D eigenvalue weighted by molar-refractivity contribution is 5.77. The maximum atomic E-state index is 12.0. The minimum absolute atomic E-state index is 0.0170. The topological polar surface area (TPSA) is 110 Å². The van der Waals surface area contributed by atoms with E-state index in [9.17, 15) is 9.90 Å². The van der Waals surface area contributed by atoms with Gasteiger partial charge in [-0.1, -0.05) is 35.5 Å². The number of rotatable bonds is 9. The highest BCUT2D eigenvalue weighted by atomic mass is 16.5. The Hall–Kier alpha value is -3.10. The van der Waals surface area contributed by atoms with E-state index < -0.39 is 0 Å². The summed E-state index contributed by atoms with van der Waals surface area (Å²) < 4.78 is 10.4. The molecule has 27 heavy (non-hydrogen) atoms. The van der Waals surface area contributed by atoms with E-state index in [1.54, 1.807) is 18.5 Å². The van der Waals surface area contributed by atoms with Crippen molar-refractivity contribution in [1.82, 2.24) is 20.4 Å². The van der Waals surface area contributed by atoms with Crippen LogP contribution in [-0.2, 0) is 22.6 Å². The molecule has 0 radical (unpaired) electrons. The van der Waals surface area contributed by atoms with Gasteiger partial charge < -0.3 is 19.7 Å². The molecule has 3 aromatic rings. The normalized spacial score (nSPS) is 11.9. The van der Waals surface area contributed by atoms with Gasteiger partial charge in [-0.25, -0.2) is 0 Å². The van der Waals surface area contributed by atoms with E-state index in [0.29, 0.717) is 12.2 Å². The van der Waals surface area contributed by atoms with E-state index >= 15 is 0 Å². The largest absolute Gasteiger partial charge is 0.394 e. The Morgan fingerprint density at radius 2 is 2.07 bits per heavy atom. The maximum Gasteiger partial charge on any atom is 0.252 e. The fourth-order valence-electron chi connectivity index (χ4n) is 2.49. The molecule has 0 aliphatic carbocycles. The van der Waals surface area contributed by atoms with Crippen molar-refractivity contribution < 1.29 is 19.2 Å². The molecule has 8 nitrogen and oxygen atoms in total.